The van der Waals surface area contributed by atoms with E-state index in [9.17, 15) is 13.6 Å². The molecule has 2 aromatic heterocycles. The van der Waals surface area contributed by atoms with Crippen molar-refractivity contribution in [3.05, 3.63) is 47.5 Å². The summed E-state index contributed by atoms with van der Waals surface area (Å²) in [7, 11) is 1.65. The zero-order valence-electron chi connectivity index (χ0n) is 22.1. The van der Waals surface area contributed by atoms with Crippen LogP contribution in [0, 0.1) is 5.92 Å². The molecule has 2 aromatic rings. The molecule has 0 aromatic carbocycles. The molecule has 1 fully saturated rings. The van der Waals surface area contributed by atoms with Crippen molar-refractivity contribution in [2.24, 2.45) is 5.92 Å². The van der Waals surface area contributed by atoms with E-state index in [0.29, 0.717) is 58.6 Å². The number of carbonyl (C=O) groups excluding carboxylic acids is 1. The summed E-state index contributed by atoms with van der Waals surface area (Å²) < 4.78 is 41.0. The maximum atomic E-state index is 14.3. The van der Waals surface area contributed by atoms with Crippen LogP contribution in [0.25, 0.3) is 11.3 Å². The van der Waals surface area contributed by atoms with Crippen LogP contribution in [0.2, 0.25) is 0 Å². The first-order chi connectivity index (χ1) is 18.3. The average Bonchev–Trinajstić information content (AvgIpc) is 3.39. The van der Waals surface area contributed by atoms with Gasteiger partial charge in [0.25, 0.3) is 0 Å². The van der Waals surface area contributed by atoms with Gasteiger partial charge in [-0.25, -0.2) is 18.7 Å². The second-order valence-corrected chi connectivity index (χ2v) is 10.1. The van der Waals surface area contributed by atoms with Crippen LogP contribution in [-0.2, 0) is 33.8 Å². The Bertz CT molecular complexity index is 1240. The fraction of sp³-hybridized carbons (Fsp3) is 0.556. The molecule has 5 rings (SSSR count). The van der Waals surface area contributed by atoms with Crippen molar-refractivity contribution < 1.29 is 23.0 Å². The molecule has 11 heteroatoms. The molecule has 3 aliphatic rings. The third-order valence-electron chi connectivity index (χ3n) is 7.36. The molecule has 1 aliphatic carbocycles. The number of alkyl halides is 1. The van der Waals surface area contributed by atoms with Gasteiger partial charge in [-0.3, -0.25) is 9.48 Å². The summed E-state index contributed by atoms with van der Waals surface area (Å²) in [6, 6.07) is 0. The number of aromatic nitrogens is 4. The molecule has 2 aliphatic heterocycles. The Labute approximate surface area is 221 Å². The minimum absolute atomic E-state index is 0.0216. The van der Waals surface area contributed by atoms with E-state index in [1.807, 2.05) is 10.9 Å². The van der Waals surface area contributed by atoms with Crippen molar-refractivity contribution in [3.8, 4) is 11.3 Å². The van der Waals surface area contributed by atoms with Gasteiger partial charge in [0, 0.05) is 70.6 Å². The summed E-state index contributed by atoms with van der Waals surface area (Å²) in [6.07, 6.45) is 6.72. The number of piperidine rings is 1. The molecule has 0 saturated carbocycles. The highest BCUT2D eigenvalue weighted by molar-refractivity contribution is 5.74. The van der Waals surface area contributed by atoms with Gasteiger partial charge in [-0.1, -0.05) is 6.92 Å². The highest BCUT2D eigenvalue weighted by atomic mass is 19.1. The Morgan fingerprint density at radius 3 is 2.68 bits per heavy atom. The van der Waals surface area contributed by atoms with Gasteiger partial charge in [-0.2, -0.15) is 5.10 Å². The van der Waals surface area contributed by atoms with E-state index < -0.39 is 17.9 Å². The second-order valence-electron chi connectivity index (χ2n) is 10.1. The number of halogens is 2. The summed E-state index contributed by atoms with van der Waals surface area (Å²) in [6.45, 7) is 6.81. The molecule has 38 heavy (non-hydrogen) atoms. The van der Waals surface area contributed by atoms with Crippen LogP contribution in [0.15, 0.2) is 36.1 Å². The molecule has 0 N–H and O–H groups in total. The van der Waals surface area contributed by atoms with Gasteiger partial charge in [-0.05, 0) is 12.2 Å². The molecular weight excluding hydrogens is 494 g/mol. The predicted octanol–water partition coefficient (Wildman–Crippen LogP) is 3.60. The van der Waals surface area contributed by atoms with Gasteiger partial charge in [0.2, 0.25) is 5.91 Å². The number of ether oxygens (including phenoxy) is 2. The van der Waals surface area contributed by atoms with Crippen LogP contribution in [0.4, 0.5) is 14.6 Å². The molecule has 0 radical (unpaired) electrons. The third kappa shape index (κ3) is 5.57. The number of allylic oxidation sites excluding steroid dienone is 3. The summed E-state index contributed by atoms with van der Waals surface area (Å²) in [4.78, 5) is 26.0. The monoisotopic (exact) mass is 528 g/mol. The van der Waals surface area contributed by atoms with E-state index in [-0.39, 0.29) is 17.8 Å². The fourth-order valence-electron chi connectivity index (χ4n) is 5.04. The molecule has 0 spiro atoms. The van der Waals surface area contributed by atoms with E-state index in [1.54, 1.807) is 32.1 Å². The van der Waals surface area contributed by atoms with E-state index in [2.05, 4.69) is 10.00 Å². The Kier molecular flexibility index (Phi) is 7.73. The number of nitrogens with zero attached hydrogens (tertiary/aromatic N) is 6. The van der Waals surface area contributed by atoms with Crippen LogP contribution in [0.5, 0.6) is 0 Å². The molecule has 4 heterocycles. The van der Waals surface area contributed by atoms with Crippen molar-refractivity contribution in [3.63, 3.8) is 0 Å². The molecule has 1 amide bonds. The third-order valence-corrected chi connectivity index (χ3v) is 7.36. The van der Waals surface area contributed by atoms with Gasteiger partial charge >= 0.3 is 0 Å². The lowest BCUT2D eigenvalue weighted by atomic mass is 9.99. The average molecular weight is 529 g/mol. The summed E-state index contributed by atoms with van der Waals surface area (Å²) in [5.74, 6) is -0.111. The minimum Gasteiger partial charge on any atom is -0.488 e. The van der Waals surface area contributed by atoms with Gasteiger partial charge in [0.15, 0.2) is 17.4 Å². The molecule has 204 valence electrons. The number of anilines is 1. The summed E-state index contributed by atoms with van der Waals surface area (Å²) in [5.41, 5.74) is 3.28. The smallest absolute Gasteiger partial charge is 0.219 e. The van der Waals surface area contributed by atoms with Crippen molar-refractivity contribution in [2.75, 3.05) is 38.3 Å². The lowest BCUT2D eigenvalue weighted by Gasteiger charge is -2.35. The van der Waals surface area contributed by atoms with Crippen LogP contribution in [-0.4, -0.2) is 76.2 Å². The second kappa shape index (κ2) is 11.2. The van der Waals surface area contributed by atoms with Crippen molar-refractivity contribution in [2.45, 2.75) is 58.5 Å². The van der Waals surface area contributed by atoms with E-state index >= 15 is 0 Å². The zero-order valence-corrected chi connectivity index (χ0v) is 22.1. The summed E-state index contributed by atoms with van der Waals surface area (Å²) >= 11 is 0. The van der Waals surface area contributed by atoms with Crippen LogP contribution in [0.3, 0.4) is 0 Å². The number of fused-ring (bicyclic) bond motifs is 1. The SMILES string of the molecule is COCCn1cc(-c2nc3c(nc2N2CCC(OC4=CC(C)[C@@H](F)C=C4F)CC2)CCN(C(C)=O)C3)cn1. The normalized spacial score (nSPS) is 22.1. The van der Waals surface area contributed by atoms with Crippen LogP contribution < -0.4 is 4.90 Å². The minimum atomic E-state index is -1.33. The molecule has 1 saturated heterocycles. The highest BCUT2D eigenvalue weighted by Gasteiger charge is 2.30. The van der Waals surface area contributed by atoms with Gasteiger partial charge in [-0.15, -0.1) is 0 Å². The maximum Gasteiger partial charge on any atom is 0.219 e. The first kappa shape index (κ1) is 26.3. The predicted molar refractivity (Wildman–Crippen MR) is 138 cm³/mol. The number of rotatable bonds is 7. The lowest BCUT2D eigenvalue weighted by Crippen LogP contribution is -2.39. The van der Waals surface area contributed by atoms with Crippen molar-refractivity contribution >= 4 is 11.7 Å². The van der Waals surface area contributed by atoms with Crippen molar-refractivity contribution in [1.29, 1.82) is 0 Å². The standard InChI is InChI=1S/C27H34F2N6O3/c1-17-12-25(22(29)13-21(17)28)38-20-4-7-33(8-5-20)27-26(19-14-30-35(15-19)10-11-37-3)31-24-16-34(18(2)36)9-6-23(24)32-27/h12-15,17,20-21H,4-11,16H2,1-3H3/t17?,21-/m0/s1. The van der Waals surface area contributed by atoms with Crippen molar-refractivity contribution in [1.82, 2.24) is 24.6 Å². The topological polar surface area (TPSA) is 85.6 Å². The van der Waals surface area contributed by atoms with Crippen LogP contribution >= 0.6 is 0 Å². The maximum absolute atomic E-state index is 14.3. The Hall–Kier alpha value is -3.34. The lowest BCUT2D eigenvalue weighted by molar-refractivity contribution is -0.129. The molecule has 9 nitrogen and oxygen atoms in total. The van der Waals surface area contributed by atoms with Gasteiger partial charge in [0.05, 0.1) is 37.3 Å². The first-order valence-electron chi connectivity index (χ1n) is 13.1. The van der Waals surface area contributed by atoms with E-state index in [1.165, 1.54) is 6.08 Å². The van der Waals surface area contributed by atoms with Gasteiger partial charge < -0.3 is 19.3 Å². The first-order valence-corrected chi connectivity index (χ1v) is 13.1. The van der Waals surface area contributed by atoms with Gasteiger partial charge in [0.1, 0.15) is 18.0 Å². The Morgan fingerprint density at radius 2 is 1.95 bits per heavy atom. The number of hydrogen-bond donors (Lipinski definition) is 0. The fourth-order valence-corrected chi connectivity index (χ4v) is 5.04. The molecule has 0 bridgehead atoms. The molecule has 1 unspecified atom stereocenters. The summed E-state index contributed by atoms with van der Waals surface area (Å²) in [5, 5.41) is 4.46. The largest absolute Gasteiger partial charge is 0.488 e. The van der Waals surface area contributed by atoms with Crippen LogP contribution in [0.1, 0.15) is 38.1 Å². The number of hydrogen-bond acceptors (Lipinski definition) is 7. The Balaban J connectivity index is 1.37. The number of methoxy groups -OCH3 is 1. The van der Waals surface area contributed by atoms with E-state index in [4.69, 9.17) is 19.4 Å². The zero-order chi connectivity index (χ0) is 26.8. The molecular formula is C27H34F2N6O3. The van der Waals surface area contributed by atoms with E-state index in [0.717, 1.165) is 34.5 Å². The molecule has 2 atom stereocenters. The highest BCUT2D eigenvalue weighted by Crippen LogP contribution is 2.34. The number of carbonyl (C=O) groups is 1. The quantitative estimate of drug-likeness (QED) is 0.543. The number of amides is 1. The Morgan fingerprint density at radius 1 is 1.16 bits per heavy atom.